The average molecular weight is 187 g/mol. The predicted octanol–water partition coefficient (Wildman–Crippen LogP) is 3.27. The van der Waals surface area contributed by atoms with E-state index >= 15 is 0 Å². The first-order valence-electron chi connectivity index (χ1n) is 4.67. The zero-order valence-corrected chi connectivity index (χ0v) is 8.66. The summed E-state index contributed by atoms with van der Waals surface area (Å²) in [5.74, 6) is 1.55. The SMILES string of the molecule is Cc1ncc(-c2ccc(C)c(C)c2)o1. The predicted molar refractivity (Wildman–Crippen MR) is 56.2 cm³/mol. The van der Waals surface area contributed by atoms with Crippen molar-refractivity contribution in [3.8, 4) is 11.3 Å². The quantitative estimate of drug-likeness (QED) is 0.684. The van der Waals surface area contributed by atoms with Crippen LogP contribution in [0, 0.1) is 20.8 Å². The zero-order chi connectivity index (χ0) is 10.1. The van der Waals surface area contributed by atoms with E-state index in [1.54, 1.807) is 6.20 Å². The number of aromatic nitrogens is 1. The van der Waals surface area contributed by atoms with Gasteiger partial charge >= 0.3 is 0 Å². The molecular formula is C12H13NO. The Bertz CT molecular complexity index is 457. The lowest BCUT2D eigenvalue weighted by molar-refractivity contribution is 0.534. The van der Waals surface area contributed by atoms with Crippen molar-refractivity contribution in [2.45, 2.75) is 20.8 Å². The summed E-state index contributed by atoms with van der Waals surface area (Å²) in [5, 5.41) is 0. The van der Waals surface area contributed by atoms with Crippen molar-refractivity contribution in [3.63, 3.8) is 0 Å². The van der Waals surface area contributed by atoms with E-state index in [0.29, 0.717) is 5.89 Å². The molecule has 2 heteroatoms. The third kappa shape index (κ3) is 1.55. The van der Waals surface area contributed by atoms with Gasteiger partial charge in [-0.3, -0.25) is 0 Å². The second-order valence-corrected chi connectivity index (χ2v) is 3.54. The molecule has 14 heavy (non-hydrogen) atoms. The smallest absolute Gasteiger partial charge is 0.191 e. The lowest BCUT2D eigenvalue weighted by atomic mass is 10.1. The zero-order valence-electron chi connectivity index (χ0n) is 8.66. The Morgan fingerprint density at radius 2 is 1.86 bits per heavy atom. The third-order valence-electron chi connectivity index (χ3n) is 2.41. The van der Waals surface area contributed by atoms with Gasteiger partial charge in [0.1, 0.15) is 0 Å². The molecule has 1 aromatic heterocycles. The standard InChI is InChI=1S/C12H13NO/c1-8-4-5-11(6-9(8)2)12-7-13-10(3)14-12/h4-7H,1-3H3. The van der Waals surface area contributed by atoms with E-state index in [-0.39, 0.29) is 0 Å². The molecule has 0 fully saturated rings. The summed E-state index contributed by atoms with van der Waals surface area (Å²) >= 11 is 0. The highest BCUT2D eigenvalue weighted by atomic mass is 16.4. The fourth-order valence-corrected chi connectivity index (χ4v) is 1.39. The summed E-state index contributed by atoms with van der Waals surface area (Å²) in [6.07, 6.45) is 1.76. The van der Waals surface area contributed by atoms with E-state index in [4.69, 9.17) is 4.42 Å². The molecule has 0 radical (unpaired) electrons. The average Bonchev–Trinajstić information content (AvgIpc) is 2.57. The van der Waals surface area contributed by atoms with Crippen molar-refractivity contribution in [2.24, 2.45) is 0 Å². The Hall–Kier alpha value is -1.57. The van der Waals surface area contributed by atoms with Crippen molar-refractivity contribution in [3.05, 3.63) is 41.4 Å². The lowest BCUT2D eigenvalue weighted by Crippen LogP contribution is -1.81. The van der Waals surface area contributed by atoms with E-state index < -0.39 is 0 Å². The molecule has 0 spiro atoms. The van der Waals surface area contributed by atoms with Crippen molar-refractivity contribution in [2.75, 3.05) is 0 Å². The van der Waals surface area contributed by atoms with Gasteiger partial charge in [-0.1, -0.05) is 12.1 Å². The van der Waals surface area contributed by atoms with Crippen LogP contribution >= 0.6 is 0 Å². The number of benzene rings is 1. The highest BCUT2D eigenvalue weighted by molar-refractivity contribution is 5.58. The molecule has 2 aromatic rings. The summed E-state index contributed by atoms with van der Waals surface area (Å²) in [6, 6.07) is 6.28. The molecule has 0 bridgehead atoms. The number of aryl methyl sites for hydroxylation is 3. The Kier molecular flexibility index (Phi) is 2.12. The van der Waals surface area contributed by atoms with Crippen LogP contribution in [-0.2, 0) is 0 Å². The van der Waals surface area contributed by atoms with Gasteiger partial charge in [0, 0.05) is 12.5 Å². The number of nitrogens with zero attached hydrogens (tertiary/aromatic N) is 1. The van der Waals surface area contributed by atoms with Gasteiger partial charge in [-0.15, -0.1) is 0 Å². The van der Waals surface area contributed by atoms with Gasteiger partial charge in [0.05, 0.1) is 6.20 Å². The van der Waals surface area contributed by atoms with Gasteiger partial charge in [0.15, 0.2) is 11.7 Å². The van der Waals surface area contributed by atoms with Gasteiger partial charge in [0.25, 0.3) is 0 Å². The normalized spacial score (nSPS) is 10.5. The molecule has 0 aliphatic carbocycles. The molecule has 0 N–H and O–H groups in total. The van der Waals surface area contributed by atoms with Crippen molar-refractivity contribution in [1.29, 1.82) is 0 Å². The topological polar surface area (TPSA) is 26.0 Å². The molecule has 0 unspecified atom stereocenters. The Labute approximate surface area is 83.6 Å². The van der Waals surface area contributed by atoms with E-state index in [1.807, 2.05) is 6.92 Å². The first kappa shape index (κ1) is 9.00. The van der Waals surface area contributed by atoms with Crippen molar-refractivity contribution >= 4 is 0 Å². The van der Waals surface area contributed by atoms with Crippen LogP contribution in [0.3, 0.4) is 0 Å². The Morgan fingerprint density at radius 1 is 1.07 bits per heavy atom. The highest BCUT2D eigenvalue weighted by Gasteiger charge is 2.04. The van der Waals surface area contributed by atoms with E-state index in [9.17, 15) is 0 Å². The highest BCUT2D eigenvalue weighted by Crippen LogP contribution is 2.22. The minimum absolute atomic E-state index is 0.707. The second-order valence-electron chi connectivity index (χ2n) is 3.54. The van der Waals surface area contributed by atoms with Crippen LogP contribution in [0.2, 0.25) is 0 Å². The molecule has 2 rings (SSSR count). The van der Waals surface area contributed by atoms with Crippen molar-refractivity contribution in [1.82, 2.24) is 4.98 Å². The van der Waals surface area contributed by atoms with Gasteiger partial charge in [-0.25, -0.2) is 4.98 Å². The molecule has 0 atom stereocenters. The van der Waals surface area contributed by atoms with E-state index in [1.165, 1.54) is 11.1 Å². The lowest BCUT2D eigenvalue weighted by Gasteiger charge is -2.01. The molecule has 1 aromatic carbocycles. The van der Waals surface area contributed by atoms with E-state index in [2.05, 4.69) is 37.0 Å². The van der Waals surface area contributed by atoms with Crippen LogP contribution in [0.25, 0.3) is 11.3 Å². The van der Waals surface area contributed by atoms with Crippen LogP contribution in [-0.4, -0.2) is 4.98 Å². The summed E-state index contributed by atoms with van der Waals surface area (Å²) in [6.45, 7) is 6.05. The van der Waals surface area contributed by atoms with Gasteiger partial charge < -0.3 is 4.42 Å². The summed E-state index contributed by atoms with van der Waals surface area (Å²) in [5.41, 5.74) is 3.66. The summed E-state index contributed by atoms with van der Waals surface area (Å²) in [4.78, 5) is 4.08. The first-order chi connectivity index (χ1) is 6.66. The fraction of sp³-hybridized carbons (Fsp3) is 0.250. The Balaban J connectivity index is 2.47. The molecule has 0 amide bonds. The molecule has 0 saturated heterocycles. The molecule has 0 saturated carbocycles. The minimum atomic E-state index is 0.707. The number of rotatable bonds is 1. The van der Waals surface area contributed by atoms with Crippen LogP contribution in [0.15, 0.2) is 28.8 Å². The maximum atomic E-state index is 5.45. The maximum Gasteiger partial charge on any atom is 0.191 e. The van der Waals surface area contributed by atoms with Gasteiger partial charge in [-0.05, 0) is 31.0 Å². The Morgan fingerprint density at radius 3 is 2.43 bits per heavy atom. The van der Waals surface area contributed by atoms with Gasteiger partial charge in [0.2, 0.25) is 0 Å². The van der Waals surface area contributed by atoms with Crippen LogP contribution < -0.4 is 0 Å². The molecule has 72 valence electrons. The third-order valence-corrected chi connectivity index (χ3v) is 2.41. The van der Waals surface area contributed by atoms with Crippen LogP contribution in [0.5, 0.6) is 0 Å². The molecule has 1 heterocycles. The van der Waals surface area contributed by atoms with Crippen LogP contribution in [0.1, 0.15) is 17.0 Å². The second kappa shape index (κ2) is 3.29. The largest absolute Gasteiger partial charge is 0.441 e. The maximum absolute atomic E-state index is 5.45. The van der Waals surface area contributed by atoms with Gasteiger partial charge in [-0.2, -0.15) is 0 Å². The number of oxazole rings is 1. The summed E-state index contributed by atoms with van der Waals surface area (Å²) < 4.78 is 5.45. The molecule has 0 aliphatic heterocycles. The van der Waals surface area contributed by atoms with E-state index in [0.717, 1.165) is 11.3 Å². The molecular weight excluding hydrogens is 174 g/mol. The molecule has 0 aliphatic rings. The fourth-order valence-electron chi connectivity index (χ4n) is 1.39. The van der Waals surface area contributed by atoms with Crippen molar-refractivity contribution < 1.29 is 4.42 Å². The summed E-state index contributed by atoms with van der Waals surface area (Å²) in [7, 11) is 0. The first-order valence-corrected chi connectivity index (χ1v) is 4.67. The van der Waals surface area contributed by atoms with Crippen LogP contribution in [0.4, 0.5) is 0 Å². The number of hydrogen-bond acceptors (Lipinski definition) is 2. The number of hydrogen-bond donors (Lipinski definition) is 0. The minimum Gasteiger partial charge on any atom is -0.441 e. The molecule has 2 nitrogen and oxygen atoms in total. The monoisotopic (exact) mass is 187 g/mol.